The number of carbonyl (C=O) groups is 1. The van der Waals surface area contributed by atoms with Gasteiger partial charge in [-0.1, -0.05) is 17.3 Å². The second-order valence-corrected chi connectivity index (χ2v) is 8.16. The molecule has 1 aromatic carbocycles. The molecule has 0 saturated carbocycles. The first-order valence-electron chi connectivity index (χ1n) is 10.8. The van der Waals surface area contributed by atoms with Crippen molar-refractivity contribution in [2.45, 2.75) is 25.3 Å². The smallest absolute Gasteiger partial charge is 0.320 e. The predicted molar refractivity (Wildman–Crippen MR) is 113 cm³/mol. The van der Waals surface area contributed by atoms with E-state index in [9.17, 15) is 14.0 Å². The average molecular weight is 441 g/mol. The van der Waals surface area contributed by atoms with Gasteiger partial charge in [0.15, 0.2) is 11.2 Å². The molecule has 2 amide bonds. The number of nitrogens with one attached hydrogen (secondary N) is 1. The van der Waals surface area contributed by atoms with Crippen LogP contribution >= 0.6 is 0 Å². The number of halogens is 1. The van der Waals surface area contributed by atoms with Crippen molar-refractivity contribution >= 4 is 17.2 Å². The highest BCUT2D eigenvalue weighted by molar-refractivity contribution is 5.75. The lowest BCUT2D eigenvalue weighted by atomic mass is 9.97. The molecule has 0 spiro atoms. The van der Waals surface area contributed by atoms with Gasteiger partial charge in [-0.25, -0.2) is 18.9 Å². The Labute approximate surface area is 183 Å². The number of morpholine rings is 1. The van der Waals surface area contributed by atoms with Crippen LogP contribution in [0.3, 0.4) is 0 Å². The van der Waals surface area contributed by atoms with Crippen molar-refractivity contribution in [2.75, 3.05) is 39.4 Å². The van der Waals surface area contributed by atoms with Gasteiger partial charge in [-0.05, 0) is 30.5 Å². The highest BCUT2D eigenvalue weighted by Gasteiger charge is 2.30. The highest BCUT2D eigenvalue weighted by atomic mass is 19.1. The van der Waals surface area contributed by atoms with Gasteiger partial charge in [0.2, 0.25) is 0 Å². The van der Waals surface area contributed by atoms with Crippen LogP contribution in [0.15, 0.2) is 29.1 Å². The maximum Gasteiger partial charge on any atom is 0.320 e. The summed E-state index contributed by atoms with van der Waals surface area (Å²) in [6.45, 7) is 3.79. The number of hydrogen-bond acceptors (Lipinski definition) is 6. The van der Waals surface area contributed by atoms with Gasteiger partial charge in [-0.2, -0.15) is 0 Å². The van der Waals surface area contributed by atoms with Crippen molar-refractivity contribution in [3.05, 3.63) is 51.8 Å². The minimum atomic E-state index is -0.355. The fourth-order valence-corrected chi connectivity index (χ4v) is 4.27. The van der Waals surface area contributed by atoms with Gasteiger partial charge in [0.05, 0.1) is 19.8 Å². The van der Waals surface area contributed by atoms with Crippen LogP contribution in [0.25, 0.3) is 11.2 Å². The molecule has 3 aromatic rings. The number of ether oxygens (including phenoxy) is 1. The molecule has 1 N–H and O–H groups in total. The zero-order chi connectivity index (χ0) is 22.1. The number of amides is 2. The zero-order valence-electron chi connectivity index (χ0n) is 17.5. The Kier molecular flexibility index (Phi) is 5.56. The van der Waals surface area contributed by atoms with Crippen molar-refractivity contribution in [1.29, 1.82) is 0 Å². The first-order chi connectivity index (χ1) is 15.6. The Morgan fingerprint density at radius 2 is 1.94 bits per heavy atom. The Balaban J connectivity index is 1.39. The maximum absolute atomic E-state index is 13.2. The summed E-state index contributed by atoms with van der Waals surface area (Å²) in [4.78, 5) is 36.7. The number of piperidine rings is 1. The van der Waals surface area contributed by atoms with E-state index < -0.39 is 0 Å². The Bertz CT molecular complexity index is 1170. The molecule has 2 fully saturated rings. The third-order valence-corrected chi connectivity index (χ3v) is 6.00. The summed E-state index contributed by atoms with van der Waals surface area (Å²) < 4.78 is 20.1. The molecule has 0 bridgehead atoms. The lowest BCUT2D eigenvalue weighted by molar-refractivity contribution is 0.0407. The first-order valence-corrected chi connectivity index (χ1v) is 10.8. The number of carbonyl (C=O) groups excluding carboxylic acids is 1. The number of H-pyrrole nitrogens is 1. The molecule has 2 aromatic heterocycles. The van der Waals surface area contributed by atoms with E-state index in [1.54, 1.807) is 16.8 Å². The van der Waals surface area contributed by atoms with Crippen LogP contribution in [-0.2, 0) is 11.3 Å². The van der Waals surface area contributed by atoms with Crippen LogP contribution in [0.1, 0.15) is 30.1 Å². The summed E-state index contributed by atoms with van der Waals surface area (Å²) in [5, 5.41) is 8.04. The molecule has 10 nitrogen and oxygen atoms in total. The zero-order valence-corrected chi connectivity index (χ0v) is 17.5. The fraction of sp³-hybridized carbons (Fsp3) is 0.476. The van der Waals surface area contributed by atoms with E-state index in [1.807, 2.05) is 9.80 Å². The Hall–Kier alpha value is -3.34. The average Bonchev–Trinajstić information content (AvgIpc) is 3.24. The molecular formula is C21H24FN7O3. The standard InChI is InChI=1S/C21H24FN7O3/c22-16-5-3-14(4-6-16)12-29-19-17(25-26-29)20(30)24-18(23-19)15-2-1-7-28(13-15)21(31)27-8-10-32-11-9-27/h3-6,15H,1-2,7-13H2,(H,23,24,30)/t15-/m1/s1. The number of urea groups is 1. The fourth-order valence-electron chi connectivity index (χ4n) is 4.27. The van der Waals surface area contributed by atoms with Crippen molar-refractivity contribution in [3.63, 3.8) is 0 Å². The van der Waals surface area contributed by atoms with Crippen molar-refractivity contribution < 1.29 is 13.9 Å². The van der Waals surface area contributed by atoms with Gasteiger partial charge in [-0.15, -0.1) is 5.10 Å². The van der Waals surface area contributed by atoms with E-state index in [4.69, 9.17) is 4.74 Å². The molecule has 5 rings (SSSR count). The molecule has 2 aliphatic heterocycles. The molecule has 0 aliphatic carbocycles. The maximum atomic E-state index is 13.2. The molecule has 168 valence electrons. The normalized spacial score (nSPS) is 19.5. The molecular weight excluding hydrogens is 417 g/mol. The summed E-state index contributed by atoms with van der Waals surface area (Å²) >= 11 is 0. The van der Waals surface area contributed by atoms with Crippen molar-refractivity contribution in [3.8, 4) is 0 Å². The van der Waals surface area contributed by atoms with E-state index >= 15 is 0 Å². The van der Waals surface area contributed by atoms with Gasteiger partial charge in [0, 0.05) is 32.1 Å². The van der Waals surface area contributed by atoms with Gasteiger partial charge in [-0.3, -0.25) is 4.79 Å². The molecule has 0 radical (unpaired) electrons. The predicted octanol–water partition coefficient (Wildman–Crippen LogP) is 1.33. The van der Waals surface area contributed by atoms with E-state index in [0.717, 1.165) is 18.4 Å². The lowest BCUT2D eigenvalue weighted by Crippen LogP contribution is -2.50. The molecule has 4 heterocycles. The molecule has 32 heavy (non-hydrogen) atoms. The monoisotopic (exact) mass is 441 g/mol. The highest BCUT2D eigenvalue weighted by Crippen LogP contribution is 2.25. The van der Waals surface area contributed by atoms with Gasteiger partial charge >= 0.3 is 6.03 Å². The summed E-state index contributed by atoms with van der Waals surface area (Å²) in [5.74, 6) is 0.132. The molecule has 11 heteroatoms. The minimum Gasteiger partial charge on any atom is -0.378 e. The van der Waals surface area contributed by atoms with E-state index in [-0.39, 0.29) is 28.8 Å². The summed E-state index contributed by atoms with van der Waals surface area (Å²) in [6.07, 6.45) is 1.65. The minimum absolute atomic E-state index is 0.00411. The van der Waals surface area contributed by atoms with Crippen LogP contribution in [0.4, 0.5) is 9.18 Å². The molecule has 1 atom stereocenters. The van der Waals surface area contributed by atoms with E-state index in [2.05, 4.69) is 20.3 Å². The number of rotatable bonds is 3. The Morgan fingerprint density at radius 3 is 2.72 bits per heavy atom. The molecule has 0 unspecified atom stereocenters. The largest absolute Gasteiger partial charge is 0.378 e. The van der Waals surface area contributed by atoms with Crippen LogP contribution in [0.5, 0.6) is 0 Å². The molecule has 2 aliphatic rings. The molecule has 2 saturated heterocycles. The van der Waals surface area contributed by atoms with Gasteiger partial charge < -0.3 is 19.5 Å². The quantitative estimate of drug-likeness (QED) is 0.657. The van der Waals surface area contributed by atoms with Crippen LogP contribution in [0, 0.1) is 5.82 Å². The van der Waals surface area contributed by atoms with Crippen LogP contribution < -0.4 is 5.56 Å². The third kappa shape index (κ3) is 4.07. The number of likely N-dealkylation sites (tertiary alicyclic amines) is 1. The third-order valence-electron chi connectivity index (χ3n) is 6.00. The summed E-state index contributed by atoms with van der Waals surface area (Å²) in [7, 11) is 0. The van der Waals surface area contributed by atoms with E-state index in [0.29, 0.717) is 57.4 Å². The van der Waals surface area contributed by atoms with Crippen molar-refractivity contribution in [2.24, 2.45) is 0 Å². The number of nitrogens with zero attached hydrogens (tertiary/aromatic N) is 6. The lowest BCUT2D eigenvalue weighted by Gasteiger charge is -2.37. The number of aromatic amines is 1. The number of benzene rings is 1. The second kappa shape index (κ2) is 8.65. The van der Waals surface area contributed by atoms with E-state index in [1.165, 1.54) is 12.1 Å². The first kappa shape index (κ1) is 20.6. The van der Waals surface area contributed by atoms with Crippen molar-refractivity contribution in [1.82, 2.24) is 34.8 Å². The van der Waals surface area contributed by atoms with Gasteiger partial charge in [0.1, 0.15) is 11.6 Å². The van der Waals surface area contributed by atoms with Crippen LogP contribution in [0.2, 0.25) is 0 Å². The summed E-state index contributed by atoms with van der Waals surface area (Å²) in [6, 6.07) is 6.08. The second-order valence-electron chi connectivity index (χ2n) is 8.16. The SMILES string of the molecule is O=C(N1CCOCC1)N1CCC[C@@H](c2nc3c(nnn3Cc3ccc(F)cc3)c(=O)[nH]2)C1. The Morgan fingerprint density at radius 1 is 1.16 bits per heavy atom. The topological polar surface area (TPSA) is 109 Å². The number of aromatic nitrogens is 5. The van der Waals surface area contributed by atoms with Gasteiger partial charge in [0.25, 0.3) is 5.56 Å². The summed E-state index contributed by atoms with van der Waals surface area (Å²) in [5.41, 5.74) is 1.01. The number of fused-ring (bicyclic) bond motifs is 1. The number of hydrogen-bond donors (Lipinski definition) is 1. The van der Waals surface area contributed by atoms with Crippen LogP contribution in [-0.4, -0.2) is 80.2 Å².